The molecule has 1 aliphatic heterocycles. The predicted molar refractivity (Wildman–Crippen MR) is 151 cm³/mol. The number of aromatic nitrogens is 2. The standard InChI is InChI=1S/C27H33N7O4S/c1-19-9-14-33(15-10-19)12-4-13-34(26(36)32-25-28-11-16-39-25)18-20-7-8-23(29-17-20)24(35)30-21-5-2-3-6-22(21)31-27(37)38/h2-3,5-8,11,16-17,19,31H,4,9-10,12-15,18H2,1H3,(H,30,35)(H,37,38)(H,28,32,36). The number of piperidine rings is 1. The van der Waals surface area contributed by atoms with Crippen LogP contribution in [0.1, 0.15) is 42.2 Å². The smallest absolute Gasteiger partial charge is 0.409 e. The maximum Gasteiger partial charge on any atom is 0.409 e. The summed E-state index contributed by atoms with van der Waals surface area (Å²) >= 11 is 1.36. The molecule has 4 amide bonds. The highest BCUT2D eigenvalue weighted by Crippen LogP contribution is 2.22. The highest BCUT2D eigenvalue weighted by Gasteiger charge is 2.19. The first-order valence-corrected chi connectivity index (χ1v) is 13.8. The number of anilines is 3. The second-order valence-electron chi connectivity index (χ2n) is 9.55. The lowest BCUT2D eigenvalue weighted by atomic mass is 9.99. The Morgan fingerprint density at radius 1 is 1.05 bits per heavy atom. The first-order valence-electron chi connectivity index (χ1n) is 12.9. The fourth-order valence-corrected chi connectivity index (χ4v) is 4.87. The summed E-state index contributed by atoms with van der Waals surface area (Å²) in [6.07, 6.45) is 5.26. The van der Waals surface area contributed by atoms with E-state index in [2.05, 4.69) is 37.7 Å². The Morgan fingerprint density at radius 3 is 2.44 bits per heavy atom. The molecule has 2 aromatic heterocycles. The van der Waals surface area contributed by atoms with Gasteiger partial charge in [-0.2, -0.15) is 0 Å². The number of carbonyl (C=O) groups excluding carboxylic acids is 2. The van der Waals surface area contributed by atoms with Gasteiger partial charge >= 0.3 is 12.1 Å². The van der Waals surface area contributed by atoms with E-state index in [-0.39, 0.29) is 17.4 Å². The zero-order valence-electron chi connectivity index (χ0n) is 21.8. The third kappa shape index (κ3) is 8.48. The molecule has 0 bridgehead atoms. The van der Waals surface area contributed by atoms with Crippen molar-refractivity contribution in [1.29, 1.82) is 0 Å². The van der Waals surface area contributed by atoms with Crippen LogP contribution < -0.4 is 16.0 Å². The van der Waals surface area contributed by atoms with Gasteiger partial charge in [-0.25, -0.2) is 14.6 Å². The number of rotatable bonds is 10. The number of para-hydroxylation sites is 2. The molecular weight excluding hydrogens is 518 g/mol. The van der Waals surface area contributed by atoms with E-state index in [1.54, 1.807) is 59.1 Å². The number of thiazole rings is 1. The molecule has 0 saturated carbocycles. The van der Waals surface area contributed by atoms with Gasteiger partial charge in [0.15, 0.2) is 5.13 Å². The van der Waals surface area contributed by atoms with Crippen molar-refractivity contribution in [3.05, 3.63) is 65.4 Å². The number of nitrogens with one attached hydrogen (secondary N) is 3. The van der Waals surface area contributed by atoms with E-state index in [0.717, 1.165) is 37.5 Å². The summed E-state index contributed by atoms with van der Waals surface area (Å²) in [7, 11) is 0. The second kappa shape index (κ2) is 13.7. The van der Waals surface area contributed by atoms with Gasteiger partial charge in [0.25, 0.3) is 5.91 Å². The Morgan fingerprint density at radius 2 is 1.79 bits per heavy atom. The number of nitrogens with zero attached hydrogens (tertiary/aromatic N) is 4. The minimum Gasteiger partial charge on any atom is -0.465 e. The monoisotopic (exact) mass is 551 g/mol. The molecule has 0 atom stereocenters. The Bertz CT molecular complexity index is 1250. The zero-order chi connectivity index (χ0) is 27.6. The van der Waals surface area contributed by atoms with Crippen molar-refractivity contribution in [1.82, 2.24) is 19.8 Å². The van der Waals surface area contributed by atoms with Gasteiger partial charge in [-0.15, -0.1) is 11.3 Å². The van der Waals surface area contributed by atoms with Gasteiger partial charge < -0.3 is 20.2 Å². The number of carboxylic acid groups (broad SMARTS) is 1. The van der Waals surface area contributed by atoms with Crippen LogP contribution in [0.5, 0.6) is 0 Å². The van der Waals surface area contributed by atoms with Crippen LogP contribution in [0.4, 0.5) is 26.1 Å². The lowest BCUT2D eigenvalue weighted by Gasteiger charge is -2.31. The van der Waals surface area contributed by atoms with Crippen molar-refractivity contribution < 1.29 is 19.5 Å². The van der Waals surface area contributed by atoms with E-state index in [0.29, 0.717) is 23.9 Å². The number of pyridine rings is 1. The molecule has 11 nitrogen and oxygen atoms in total. The second-order valence-corrected chi connectivity index (χ2v) is 10.4. The topological polar surface area (TPSA) is 140 Å². The SMILES string of the molecule is CC1CCN(CCCN(Cc2ccc(C(=O)Nc3ccccc3NC(=O)O)nc2)C(=O)Nc2nccs2)CC1. The van der Waals surface area contributed by atoms with Crippen molar-refractivity contribution in [3.63, 3.8) is 0 Å². The van der Waals surface area contributed by atoms with Crippen LogP contribution in [-0.2, 0) is 6.54 Å². The van der Waals surface area contributed by atoms with E-state index < -0.39 is 12.0 Å². The van der Waals surface area contributed by atoms with Gasteiger partial charge in [0.05, 0.1) is 11.4 Å². The number of hydrogen-bond acceptors (Lipinski definition) is 7. The molecule has 1 fully saturated rings. The minimum atomic E-state index is -1.23. The van der Waals surface area contributed by atoms with Crippen LogP contribution >= 0.6 is 11.3 Å². The zero-order valence-corrected chi connectivity index (χ0v) is 22.6. The molecule has 1 aromatic carbocycles. The van der Waals surface area contributed by atoms with E-state index >= 15 is 0 Å². The summed E-state index contributed by atoms with van der Waals surface area (Å²) in [6, 6.07) is 9.62. The van der Waals surface area contributed by atoms with Gasteiger partial charge in [-0.3, -0.25) is 20.4 Å². The Kier molecular flexibility index (Phi) is 9.81. The third-order valence-electron chi connectivity index (χ3n) is 6.56. The van der Waals surface area contributed by atoms with Crippen LogP contribution in [0.25, 0.3) is 0 Å². The quantitative estimate of drug-likeness (QED) is 0.277. The Balaban J connectivity index is 1.38. The third-order valence-corrected chi connectivity index (χ3v) is 7.25. The van der Waals surface area contributed by atoms with Crippen LogP contribution in [0, 0.1) is 5.92 Å². The maximum absolute atomic E-state index is 13.1. The predicted octanol–water partition coefficient (Wildman–Crippen LogP) is 5.04. The van der Waals surface area contributed by atoms with E-state index in [4.69, 9.17) is 5.11 Å². The Labute approximate surface area is 231 Å². The summed E-state index contributed by atoms with van der Waals surface area (Å²) in [4.78, 5) is 49.5. The molecular formula is C27H33N7O4S. The molecule has 12 heteroatoms. The average molecular weight is 552 g/mol. The van der Waals surface area contributed by atoms with Crippen molar-refractivity contribution >= 4 is 45.9 Å². The molecule has 3 aromatic rings. The number of likely N-dealkylation sites (tertiary alicyclic amines) is 1. The van der Waals surface area contributed by atoms with Crippen molar-refractivity contribution in [3.8, 4) is 0 Å². The lowest BCUT2D eigenvalue weighted by molar-refractivity contribution is 0.102. The summed E-state index contributed by atoms with van der Waals surface area (Å²) in [6.45, 7) is 6.31. The molecule has 1 aliphatic rings. The van der Waals surface area contributed by atoms with Crippen LogP contribution in [0.3, 0.4) is 0 Å². The van der Waals surface area contributed by atoms with Gasteiger partial charge in [-0.05, 0) is 68.6 Å². The summed E-state index contributed by atoms with van der Waals surface area (Å²) in [5.74, 6) is 0.297. The first kappa shape index (κ1) is 28.0. The summed E-state index contributed by atoms with van der Waals surface area (Å²) in [5, 5.41) is 19.2. The normalized spacial score (nSPS) is 14.0. The van der Waals surface area contributed by atoms with E-state index in [9.17, 15) is 14.4 Å². The van der Waals surface area contributed by atoms with Crippen molar-refractivity contribution in [2.45, 2.75) is 32.7 Å². The van der Waals surface area contributed by atoms with Gasteiger partial charge in [0.1, 0.15) is 5.69 Å². The van der Waals surface area contributed by atoms with Crippen LogP contribution in [-0.4, -0.2) is 69.1 Å². The van der Waals surface area contributed by atoms with E-state index in [1.165, 1.54) is 24.2 Å². The highest BCUT2D eigenvalue weighted by molar-refractivity contribution is 7.13. The summed E-state index contributed by atoms with van der Waals surface area (Å²) in [5.41, 5.74) is 1.53. The fraction of sp³-hybridized carbons (Fsp3) is 0.370. The number of benzene rings is 1. The molecule has 39 heavy (non-hydrogen) atoms. The van der Waals surface area contributed by atoms with Gasteiger partial charge in [0.2, 0.25) is 0 Å². The molecule has 0 spiro atoms. The van der Waals surface area contributed by atoms with Crippen molar-refractivity contribution in [2.75, 3.05) is 42.1 Å². The molecule has 0 unspecified atom stereocenters. The minimum absolute atomic E-state index is 0.169. The lowest BCUT2D eigenvalue weighted by Crippen LogP contribution is -2.38. The largest absolute Gasteiger partial charge is 0.465 e. The average Bonchev–Trinajstić information content (AvgIpc) is 3.43. The molecule has 3 heterocycles. The molecule has 4 rings (SSSR count). The number of urea groups is 1. The molecule has 0 radical (unpaired) electrons. The first-order chi connectivity index (χ1) is 18.9. The van der Waals surface area contributed by atoms with Gasteiger partial charge in [-0.1, -0.05) is 25.1 Å². The van der Waals surface area contributed by atoms with Crippen molar-refractivity contribution in [2.24, 2.45) is 5.92 Å². The molecule has 0 aliphatic carbocycles. The molecule has 4 N–H and O–H groups in total. The van der Waals surface area contributed by atoms with Crippen LogP contribution in [0.15, 0.2) is 54.2 Å². The molecule has 206 valence electrons. The van der Waals surface area contributed by atoms with E-state index in [1.807, 2.05) is 0 Å². The van der Waals surface area contributed by atoms with Crippen LogP contribution in [0.2, 0.25) is 0 Å². The number of carbonyl (C=O) groups is 3. The molecule has 1 saturated heterocycles. The number of amides is 4. The fourth-order valence-electron chi connectivity index (χ4n) is 4.35. The maximum atomic E-state index is 13.1. The summed E-state index contributed by atoms with van der Waals surface area (Å²) < 4.78 is 0. The highest BCUT2D eigenvalue weighted by atomic mass is 32.1. The number of hydrogen-bond donors (Lipinski definition) is 4. The van der Waals surface area contributed by atoms with Gasteiger partial charge in [0, 0.05) is 30.9 Å². The Hall–Kier alpha value is -4.03.